The summed E-state index contributed by atoms with van der Waals surface area (Å²) < 4.78 is 0. The summed E-state index contributed by atoms with van der Waals surface area (Å²) in [5.74, 6) is 3.53. The second-order valence-electron chi connectivity index (χ2n) is 2.00. The molecule has 5 N–H and O–H groups in total. The molecule has 0 aromatic carbocycles. The Morgan fingerprint density at radius 1 is 1.64 bits per heavy atom. The molecule has 0 aromatic rings. The minimum Gasteiger partial charge on any atom is -0.368 e. The van der Waals surface area contributed by atoms with Crippen LogP contribution < -0.4 is 16.9 Å². The van der Waals surface area contributed by atoms with Gasteiger partial charge in [0.25, 0.3) is 0 Å². The molecule has 0 aliphatic rings. The summed E-state index contributed by atoms with van der Waals surface area (Å²) in [6.45, 7) is 1.19. The lowest BCUT2D eigenvalue weighted by molar-refractivity contribution is -0.130. The Kier molecular flexibility index (Phi) is 4.16. The van der Waals surface area contributed by atoms with Gasteiger partial charge in [-0.1, -0.05) is 0 Å². The van der Waals surface area contributed by atoms with Crippen molar-refractivity contribution in [2.75, 3.05) is 6.61 Å². The molecule has 0 heterocycles. The molecular weight excluding hydrogens is 150 g/mol. The van der Waals surface area contributed by atoms with E-state index in [2.05, 4.69) is 16.1 Å². The first-order valence-electron chi connectivity index (χ1n) is 2.98. The maximum absolute atomic E-state index is 10.6. The molecule has 0 aliphatic heterocycles. The van der Waals surface area contributed by atoms with Crippen LogP contribution in [-0.2, 0) is 14.4 Å². The lowest BCUT2D eigenvalue weighted by Crippen LogP contribution is -2.43. The Labute approximate surface area is 63.8 Å². The van der Waals surface area contributed by atoms with E-state index in [0.29, 0.717) is 0 Å². The molecule has 0 bridgehead atoms. The van der Waals surface area contributed by atoms with E-state index in [-0.39, 0.29) is 6.61 Å². The molecule has 0 saturated carbocycles. The number of rotatable bonds is 4. The number of amides is 2. The van der Waals surface area contributed by atoms with Crippen LogP contribution in [0.5, 0.6) is 0 Å². The number of carbonyl (C=O) groups is 2. The molecule has 0 rings (SSSR count). The van der Waals surface area contributed by atoms with E-state index in [9.17, 15) is 9.59 Å². The molecule has 6 nitrogen and oxygen atoms in total. The van der Waals surface area contributed by atoms with Gasteiger partial charge in [0.05, 0.1) is 0 Å². The Morgan fingerprint density at radius 3 is 2.55 bits per heavy atom. The molecule has 0 radical (unpaired) electrons. The number of carbonyl (C=O) groups excluding carboxylic acids is 2. The highest BCUT2D eigenvalue weighted by atomic mass is 16.6. The molecule has 0 saturated heterocycles. The van der Waals surface area contributed by atoms with Crippen LogP contribution in [0.15, 0.2) is 0 Å². The number of primary amides is 1. The van der Waals surface area contributed by atoms with Crippen molar-refractivity contribution in [1.29, 1.82) is 0 Å². The highest BCUT2D eigenvalue weighted by Crippen LogP contribution is 1.78. The predicted octanol–water partition coefficient (Wildman–Crippen LogP) is -2.13. The van der Waals surface area contributed by atoms with Crippen LogP contribution in [-0.4, -0.2) is 24.5 Å². The van der Waals surface area contributed by atoms with Crippen LogP contribution in [0.25, 0.3) is 0 Å². The van der Waals surface area contributed by atoms with Crippen LogP contribution in [0.2, 0.25) is 0 Å². The van der Waals surface area contributed by atoms with Gasteiger partial charge in [0.15, 0.2) is 0 Å². The number of nitrogens with two attached hydrogens (primary N) is 2. The second-order valence-corrected chi connectivity index (χ2v) is 2.00. The third-order valence-electron chi connectivity index (χ3n) is 1.02. The van der Waals surface area contributed by atoms with Crippen molar-refractivity contribution >= 4 is 11.8 Å². The summed E-state index contributed by atoms with van der Waals surface area (Å²) in [5, 5.41) is 2.26. The fraction of sp³-hybridized carbons (Fsp3) is 0.600. The molecule has 6 heteroatoms. The van der Waals surface area contributed by atoms with Crippen LogP contribution in [0.1, 0.15) is 6.92 Å². The summed E-state index contributed by atoms with van der Waals surface area (Å²) in [6, 6.07) is -0.697. The zero-order chi connectivity index (χ0) is 8.85. The first-order valence-corrected chi connectivity index (χ1v) is 2.98. The van der Waals surface area contributed by atoms with Crippen molar-refractivity contribution in [3.8, 4) is 0 Å². The third-order valence-corrected chi connectivity index (χ3v) is 1.02. The van der Waals surface area contributed by atoms with Gasteiger partial charge in [-0.3, -0.25) is 14.4 Å². The van der Waals surface area contributed by atoms with Crippen LogP contribution in [0.4, 0.5) is 0 Å². The van der Waals surface area contributed by atoms with Gasteiger partial charge >= 0.3 is 0 Å². The molecule has 0 aromatic heterocycles. The third kappa shape index (κ3) is 4.29. The van der Waals surface area contributed by atoms with Crippen molar-refractivity contribution in [1.82, 2.24) is 5.32 Å². The van der Waals surface area contributed by atoms with Crippen molar-refractivity contribution in [2.24, 2.45) is 11.6 Å². The van der Waals surface area contributed by atoms with E-state index in [1.54, 1.807) is 0 Å². The van der Waals surface area contributed by atoms with Crippen LogP contribution in [0, 0.1) is 0 Å². The number of nitrogens with one attached hydrogen (secondary N) is 1. The first kappa shape index (κ1) is 9.86. The smallest absolute Gasteiger partial charge is 0.248 e. The van der Waals surface area contributed by atoms with E-state index >= 15 is 0 Å². The largest absolute Gasteiger partial charge is 0.368 e. The van der Waals surface area contributed by atoms with E-state index in [4.69, 9.17) is 5.73 Å². The Balaban J connectivity index is 3.66. The molecule has 0 fully saturated rings. The molecule has 0 aliphatic carbocycles. The number of hydrogen-bond acceptors (Lipinski definition) is 4. The quantitative estimate of drug-likeness (QED) is 0.409. The molecular formula is C5H11N3O3. The summed E-state index contributed by atoms with van der Waals surface area (Å²) in [6.07, 6.45) is 0. The molecule has 11 heavy (non-hydrogen) atoms. The summed E-state index contributed by atoms with van der Waals surface area (Å²) >= 11 is 0. The second kappa shape index (κ2) is 4.64. The molecule has 2 amide bonds. The van der Waals surface area contributed by atoms with E-state index < -0.39 is 17.9 Å². The highest BCUT2D eigenvalue weighted by molar-refractivity contribution is 5.86. The Morgan fingerprint density at radius 2 is 2.18 bits per heavy atom. The average Bonchev–Trinajstić information content (AvgIpc) is 1.87. The highest BCUT2D eigenvalue weighted by Gasteiger charge is 2.10. The molecule has 1 atom stereocenters. The standard InChI is InChI=1S/C5H11N3O3/c1-3(5(6)10)8-4(9)2-11-7/h3H,2,7H2,1H3,(H2,6,10)(H,8,9). The van der Waals surface area contributed by atoms with Crippen molar-refractivity contribution in [3.05, 3.63) is 0 Å². The summed E-state index contributed by atoms with van der Waals surface area (Å²) in [7, 11) is 0. The lowest BCUT2D eigenvalue weighted by Gasteiger charge is -2.08. The van der Waals surface area contributed by atoms with Gasteiger partial charge in [-0.25, -0.2) is 5.90 Å². The fourth-order valence-electron chi connectivity index (χ4n) is 0.430. The Bertz CT molecular complexity index is 159. The summed E-state index contributed by atoms with van der Waals surface area (Å²) in [5.41, 5.74) is 4.85. The zero-order valence-corrected chi connectivity index (χ0v) is 6.16. The minimum absolute atomic E-state index is 0.280. The molecule has 0 spiro atoms. The van der Waals surface area contributed by atoms with Crippen molar-refractivity contribution in [3.63, 3.8) is 0 Å². The van der Waals surface area contributed by atoms with Gasteiger partial charge in [-0.15, -0.1) is 0 Å². The van der Waals surface area contributed by atoms with E-state index in [1.165, 1.54) is 6.92 Å². The average molecular weight is 161 g/mol. The first-order chi connectivity index (χ1) is 5.07. The monoisotopic (exact) mass is 161 g/mol. The van der Waals surface area contributed by atoms with Gasteiger partial charge in [0.1, 0.15) is 12.6 Å². The lowest BCUT2D eigenvalue weighted by atomic mass is 10.3. The predicted molar refractivity (Wildman–Crippen MR) is 36.9 cm³/mol. The summed E-state index contributed by atoms with van der Waals surface area (Å²) in [4.78, 5) is 25.0. The van der Waals surface area contributed by atoms with Gasteiger partial charge in [-0.2, -0.15) is 0 Å². The molecule has 64 valence electrons. The van der Waals surface area contributed by atoms with Gasteiger partial charge in [0.2, 0.25) is 11.8 Å². The van der Waals surface area contributed by atoms with E-state index in [1.807, 2.05) is 0 Å². The van der Waals surface area contributed by atoms with Crippen LogP contribution >= 0.6 is 0 Å². The van der Waals surface area contributed by atoms with Gasteiger partial charge in [0, 0.05) is 0 Å². The molecule has 1 unspecified atom stereocenters. The Hall–Kier alpha value is -1.14. The van der Waals surface area contributed by atoms with Gasteiger partial charge in [-0.05, 0) is 6.92 Å². The maximum Gasteiger partial charge on any atom is 0.248 e. The zero-order valence-electron chi connectivity index (χ0n) is 6.16. The van der Waals surface area contributed by atoms with E-state index in [0.717, 1.165) is 0 Å². The SMILES string of the molecule is CC(NC(=O)CON)C(N)=O. The minimum atomic E-state index is -0.697. The normalized spacial score (nSPS) is 12.2. The number of hydrogen-bond donors (Lipinski definition) is 3. The maximum atomic E-state index is 10.6. The fourth-order valence-corrected chi connectivity index (χ4v) is 0.430. The van der Waals surface area contributed by atoms with Crippen molar-refractivity contribution < 1.29 is 14.4 Å². The van der Waals surface area contributed by atoms with Crippen molar-refractivity contribution in [2.45, 2.75) is 13.0 Å². The van der Waals surface area contributed by atoms with Gasteiger partial charge < -0.3 is 11.1 Å². The topological polar surface area (TPSA) is 107 Å². The van der Waals surface area contributed by atoms with Crippen LogP contribution in [0.3, 0.4) is 0 Å².